The van der Waals surface area contributed by atoms with Crippen LogP contribution in [0.5, 0.6) is 5.75 Å². The zero-order chi connectivity index (χ0) is 10.8. The number of rotatable bonds is 2. The summed E-state index contributed by atoms with van der Waals surface area (Å²) in [4.78, 5) is 4.02. The second kappa shape index (κ2) is 3.95. The second-order valence-electron chi connectivity index (χ2n) is 2.31. The number of anilines is 1. The van der Waals surface area contributed by atoms with E-state index < -0.39 is 6.36 Å². The monoisotopic (exact) mass is 224 g/mol. The lowest BCUT2D eigenvalue weighted by Crippen LogP contribution is -2.17. The molecule has 7 heteroatoms. The lowest BCUT2D eigenvalue weighted by molar-refractivity contribution is -0.274. The molecule has 0 atom stereocenters. The molecule has 0 aliphatic heterocycles. The van der Waals surface area contributed by atoms with Crippen LogP contribution in [0.25, 0.3) is 0 Å². The lowest BCUT2D eigenvalue weighted by atomic mass is 10.4. The van der Waals surface area contributed by atoms with Gasteiger partial charge in [-0.3, -0.25) is 0 Å². The first-order valence-electron chi connectivity index (χ1n) is 3.47. The van der Waals surface area contributed by atoms with Gasteiger partial charge in [0.05, 0.1) is 11.1 Å². The summed E-state index contributed by atoms with van der Waals surface area (Å²) >= 11 is 1.20. The van der Waals surface area contributed by atoms with Crippen molar-refractivity contribution >= 4 is 17.6 Å². The molecule has 1 heterocycles. The van der Waals surface area contributed by atoms with Crippen LogP contribution in [0.2, 0.25) is 0 Å². The molecule has 1 rings (SSSR count). The molecule has 0 aromatic carbocycles. The van der Waals surface area contributed by atoms with Crippen molar-refractivity contribution in [2.24, 2.45) is 0 Å². The first-order valence-corrected chi connectivity index (χ1v) is 4.70. The van der Waals surface area contributed by atoms with Crippen molar-refractivity contribution in [1.29, 1.82) is 0 Å². The van der Waals surface area contributed by atoms with Gasteiger partial charge in [-0.15, -0.1) is 24.9 Å². The fourth-order valence-corrected chi connectivity index (χ4v) is 1.29. The number of nitrogen functional groups attached to an aromatic ring is 1. The largest absolute Gasteiger partial charge is 0.573 e. The average Bonchev–Trinajstić information content (AvgIpc) is 2.06. The molecule has 2 N–H and O–H groups in total. The lowest BCUT2D eigenvalue weighted by Gasteiger charge is -2.09. The number of hydrogen-bond acceptors (Lipinski definition) is 4. The van der Waals surface area contributed by atoms with Gasteiger partial charge in [0.1, 0.15) is 11.6 Å². The Balaban J connectivity index is 2.90. The quantitative estimate of drug-likeness (QED) is 0.783. The number of halogens is 3. The summed E-state index contributed by atoms with van der Waals surface area (Å²) < 4.78 is 39.0. The zero-order valence-corrected chi connectivity index (χ0v) is 7.95. The third-order valence-corrected chi connectivity index (χ3v) is 2.08. The van der Waals surface area contributed by atoms with E-state index in [1.54, 1.807) is 6.26 Å². The molecule has 0 radical (unpaired) electrons. The Morgan fingerprint density at radius 2 is 2.14 bits per heavy atom. The SMILES string of the molecule is CSc1cc(OC(F)(F)F)cnc1N. The zero-order valence-electron chi connectivity index (χ0n) is 7.13. The maximum absolute atomic E-state index is 11.8. The van der Waals surface area contributed by atoms with Gasteiger partial charge in [-0.05, 0) is 12.3 Å². The van der Waals surface area contributed by atoms with Crippen molar-refractivity contribution in [2.45, 2.75) is 11.3 Å². The van der Waals surface area contributed by atoms with E-state index in [4.69, 9.17) is 5.73 Å². The minimum absolute atomic E-state index is 0.187. The first-order chi connectivity index (χ1) is 6.42. The minimum atomic E-state index is -4.70. The maximum atomic E-state index is 11.8. The molecule has 0 aliphatic rings. The van der Waals surface area contributed by atoms with E-state index in [2.05, 4.69) is 9.72 Å². The van der Waals surface area contributed by atoms with Gasteiger partial charge >= 0.3 is 6.36 Å². The van der Waals surface area contributed by atoms with E-state index >= 15 is 0 Å². The Kier molecular flexibility index (Phi) is 3.10. The number of ether oxygens (including phenoxy) is 1. The molecule has 0 aliphatic carbocycles. The Morgan fingerprint density at radius 3 is 2.64 bits per heavy atom. The number of thioether (sulfide) groups is 1. The number of nitrogens with zero attached hydrogens (tertiary/aromatic N) is 1. The summed E-state index contributed by atoms with van der Waals surface area (Å²) in [7, 11) is 0. The van der Waals surface area contributed by atoms with Gasteiger partial charge in [-0.2, -0.15) is 0 Å². The number of hydrogen-bond donors (Lipinski definition) is 1. The molecule has 78 valence electrons. The molecule has 0 amide bonds. The highest BCUT2D eigenvalue weighted by atomic mass is 32.2. The Hall–Kier alpha value is -1.11. The van der Waals surface area contributed by atoms with Crippen LogP contribution < -0.4 is 10.5 Å². The third kappa shape index (κ3) is 2.99. The highest BCUT2D eigenvalue weighted by Crippen LogP contribution is 2.28. The number of aromatic nitrogens is 1. The van der Waals surface area contributed by atoms with Gasteiger partial charge in [0.2, 0.25) is 0 Å². The van der Waals surface area contributed by atoms with E-state index in [0.717, 1.165) is 6.20 Å². The minimum Gasteiger partial charge on any atom is -0.404 e. The smallest absolute Gasteiger partial charge is 0.404 e. The average molecular weight is 224 g/mol. The van der Waals surface area contributed by atoms with Crippen LogP contribution in [0.3, 0.4) is 0 Å². The molecular weight excluding hydrogens is 217 g/mol. The van der Waals surface area contributed by atoms with Crippen molar-refractivity contribution in [3.63, 3.8) is 0 Å². The van der Waals surface area contributed by atoms with Crippen LogP contribution in [0.1, 0.15) is 0 Å². The molecule has 0 bridgehead atoms. The fraction of sp³-hybridized carbons (Fsp3) is 0.286. The summed E-state index contributed by atoms with van der Waals surface area (Å²) in [5.74, 6) is -0.178. The highest BCUT2D eigenvalue weighted by Gasteiger charge is 2.31. The Labute approximate surface area is 82.5 Å². The molecule has 0 saturated heterocycles. The normalized spacial score (nSPS) is 11.4. The summed E-state index contributed by atoms with van der Waals surface area (Å²) in [6.45, 7) is 0. The van der Waals surface area contributed by atoms with Crippen LogP contribution in [-0.4, -0.2) is 17.6 Å². The maximum Gasteiger partial charge on any atom is 0.573 e. The highest BCUT2D eigenvalue weighted by molar-refractivity contribution is 7.98. The topological polar surface area (TPSA) is 48.1 Å². The van der Waals surface area contributed by atoms with Gasteiger partial charge in [0, 0.05) is 0 Å². The van der Waals surface area contributed by atoms with Crippen molar-refractivity contribution in [2.75, 3.05) is 12.0 Å². The van der Waals surface area contributed by atoms with E-state index in [0.29, 0.717) is 4.90 Å². The number of alkyl halides is 3. The summed E-state index contributed by atoms with van der Waals surface area (Å²) in [6.07, 6.45) is -2.08. The molecule has 0 fully saturated rings. The fourth-order valence-electron chi connectivity index (χ4n) is 0.790. The molecule has 3 nitrogen and oxygen atoms in total. The van der Waals surface area contributed by atoms with Crippen molar-refractivity contribution in [3.05, 3.63) is 12.3 Å². The van der Waals surface area contributed by atoms with Crippen LogP contribution in [-0.2, 0) is 0 Å². The van der Waals surface area contributed by atoms with E-state index in [-0.39, 0.29) is 11.6 Å². The molecule has 14 heavy (non-hydrogen) atoms. The third-order valence-electron chi connectivity index (χ3n) is 1.31. The van der Waals surface area contributed by atoms with Crippen LogP contribution in [0.4, 0.5) is 19.0 Å². The Morgan fingerprint density at radius 1 is 1.50 bits per heavy atom. The Bertz CT molecular complexity index is 329. The summed E-state index contributed by atoms with van der Waals surface area (Å²) in [6, 6.07) is 1.19. The van der Waals surface area contributed by atoms with Gasteiger partial charge < -0.3 is 10.5 Å². The summed E-state index contributed by atoms with van der Waals surface area (Å²) in [5.41, 5.74) is 5.39. The van der Waals surface area contributed by atoms with E-state index in [1.807, 2.05) is 0 Å². The van der Waals surface area contributed by atoms with Crippen molar-refractivity contribution < 1.29 is 17.9 Å². The first kappa shape index (κ1) is 11.0. The van der Waals surface area contributed by atoms with Crippen molar-refractivity contribution in [3.8, 4) is 5.75 Å². The van der Waals surface area contributed by atoms with Crippen LogP contribution in [0.15, 0.2) is 17.2 Å². The number of nitrogens with two attached hydrogens (primary N) is 1. The number of pyridine rings is 1. The molecule has 1 aromatic rings. The van der Waals surface area contributed by atoms with Gasteiger partial charge in [-0.1, -0.05) is 0 Å². The van der Waals surface area contributed by atoms with Gasteiger partial charge in [0.15, 0.2) is 0 Å². The second-order valence-corrected chi connectivity index (χ2v) is 3.15. The van der Waals surface area contributed by atoms with Crippen LogP contribution >= 0.6 is 11.8 Å². The van der Waals surface area contributed by atoms with E-state index in [9.17, 15) is 13.2 Å². The van der Waals surface area contributed by atoms with Gasteiger partial charge in [-0.25, -0.2) is 4.98 Å². The van der Waals surface area contributed by atoms with Crippen molar-refractivity contribution in [1.82, 2.24) is 4.98 Å². The van der Waals surface area contributed by atoms with Crippen LogP contribution in [0, 0.1) is 0 Å². The standard InChI is InChI=1S/C7H7F3N2OS/c1-14-5-2-4(3-12-6(5)11)13-7(8,9)10/h2-3H,1H3,(H2,11,12). The molecule has 1 aromatic heterocycles. The molecule has 0 saturated carbocycles. The summed E-state index contributed by atoms with van der Waals surface area (Å²) in [5, 5.41) is 0. The predicted octanol–water partition coefficient (Wildman–Crippen LogP) is 2.28. The van der Waals surface area contributed by atoms with E-state index in [1.165, 1.54) is 17.8 Å². The molecule has 0 spiro atoms. The predicted molar refractivity (Wildman–Crippen MR) is 47.1 cm³/mol. The molecule has 0 unspecified atom stereocenters. The van der Waals surface area contributed by atoms with Gasteiger partial charge in [0.25, 0.3) is 0 Å². The molecular formula is C7H7F3N2OS.